The summed E-state index contributed by atoms with van der Waals surface area (Å²) in [6.45, 7) is 2.36. The first-order chi connectivity index (χ1) is 12.8. The normalized spacial score (nSPS) is 11.3. The smallest absolute Gasteiger partial charge is 0.251 e. The number of benzene rings is 2. The van der Waals surface area contributed by atoms with Crippen molar-refractivity contribution in [2.75, 3.05) is 27.8 Å². The lowest BCUT2D eigenvalue weighted by Crippen LogP contribution is -2.27. The topological polar surface area (TPSA) is 84.9 Å². The van der Waals surface area contributed by atoms with E-state index in [-0.39, 0.29) is 17.3 Å². The summed E-state index contributed by atoms with van der Waals surface area (Å²) in [5.41, 5.74) is 0.908. The lowest BCUT2D eigenvalue weighted by Gasteiger charge is -2.16. The maximum absolute atomic E-state index is 12.5. The van der Waals surface area contributed by atoms with Crippen LogP contribution < -0.4 is 14.8 Å². The Morgan fingerprint density at radius 1 is 1.11 bits per heavy atom. The van der Waals surface area contributed by atoms with E-state index >= 15 is 0 Å². The van der Waals surface area contributed by atoms with E-state index in [0.29, 0.717) is 29.2 Å². The van der Waals surface area contributed by atoms with Crippen LogP contribution in [0.5, 0.6) is 11.5 Å². The quantitative estimate of drug-likeness (QED) is 0.745. The highest BCUT2D eigenvalue weighted by Crippen LogP contribution is 2.28. The molecule has 1 amide bonds. The molecule has 2 rings (SSSR count). The van der Waals surface area contributed by atoms with E-state index in [2.05, 4.69) is 5.32 Å². The zero-order valence-corrected chi connectivity index (χ0v) is 16.7. The molecule has 2 aromatic rings. The van der Waals surface area contributed by atoms with E-state index in [1.54, 1.807) is 36.4 Å². The van der Waals surface area contributed by atoms with E-state index in [9.17, 15) is 13.2 Å². The molecule has 0 spiro atoms. The van der Waals surface area contributed by atoms with Gasteiger partial charge in [-0.3, -0.25) is 4.79 Å². The van der Waals surface area contributed by atoms with E-state index in [1.165, 1.54) is 27.3 Å². The highest BCUT2D eigenvalue weighted by atomic mass is 32.2. The fourth-order valence-corrected chi connectivity index (χ4v) is 3.58. The molecule has 27 heavy (non-hydrogen) atoms. The molecule has 0 atom stereocenters. The number of hydrogen-bond donors (Lipinski definition) is 1. The molecule has 0 saturated heterocycles. The Labute approximate surface area is 160 Å². The number of nitrogens with zero attached hydrogens (tertiary/aromatic N) is 1. The number of ether oxygens (including phenoxy) is 2. The van der Waals surface area contributed by atoms with Gasteiger partial charge in [0.15, 0.2) is 11.5 Å². The second-order valence-electron chi connectivity index (χ2n) is 5.88. The third-order valence-corrected chi connectivity index (χ3v) is 5.81. The third-order valence-electron chi connectivity index (χ3n) is 3.90. The van der Waals surface area contributed by atoms with Gasteiger partial charge in [0.2, 0.25) is 10.0 Å². The summed E-state index contributed by atoms with van der Waals surface area (Å²) in [4.78, 5) is 12.7. The van der Waals surface area contributed by atoms with Gasteiger partial charge in [-0.1, -0.05) is 18.2 Å². The predicted molar refractivity (Wildman–Crippen MR) is 103 cm³/mol. The monoisotopic (exact) mass is 392 g/mol. The van der Waals surface area contributed by atoms with E-state index in [0.717, 1.165) is 4.31 Å². The summed E-state index contributed by atoms with van der Waals surface area (Å²) in [6, 6.07) is 11.5. The van der Waals surface area contributed by atoms with Gasteiger partial charge in [0, 0.05) is 26.2 Å². The molecule has 0 aliphatic heterocycles. The van der Waals surface area contributed by atoms with Crippen LogP contribution in [0.15, 0.2) is 47.4 Å². The van der Waals surface area contributed by atoms with Crippen molar-refractivity contribution in [3.8, 4) is 11.5 Å². The number of amides is 1. The minimum absolute atomic E-state index is 0.0814. The predicted octanol–water partition coefficient (Wildman–Crippen LogP) is 2.27. The van der Waals surface area contributed by atoms with Gasteiger partial charge in [0.25, 0.3) is 5.91 Å². The van der Waals surface area contributed by atoms with Gasteiger partial charge >= 0.3 is 0 Å². The molecule has 0 bridgehead atoms. The van der Waals surface area contributed by atoms with Crippen molar-refractivity contribution >= 4 is 15.9 Å². The lowest BCUT2D eigenvalue weighted by atomic mass is 10.1. The Morgan fingerprint density at radius 2 is 1.81 bits per heavy atom. The standard InChI is InChI=1S/C19H24N2O5S/c1-5-26-17-12-14(10-11-16(17)25-4)19(22)20-13-15-8-6-7-9-18(15)27(23,24)21(2)3/h6-12H,5,13H2,1-4H3,(H,20,22). The van der Waals surface area contributed by atoms with Crippen LogP contribution in [0.3, 0.4) is 0 Å². The highest BCUT2D eigenvalue weighted by Gasteiger charge is 2.21. The maximum atomic E-state index is 12.5. The molecule has 0 heterocycles. The number of carbonyl (C=O) groups is 1. The minimum Gasteiger partial charge on any atom is -0.493 e. The van der Waals surface area contributed by atoms with E-state index in [1.807, 2.05) is 6.92 Å². The maximum Gasteiger partial charge on any atom is 0.251 e. The van der Waals surface area contributed by atoms with Gasteiger partial charge in [-0.2, -0.15) is 0 Å². The van der Waals surface area contributed by atoms with Crippen molar-refractivity contribution in [2.24, 2.45) is 0 Å². The molecule has 0 unspecified atom stereocenters. The van der Waals surface area contributed by atoms with Gasteiger partial charge in [-0.25, -0.2) is 12.7 Å². The van der Waals surface area contributed by atoms with Crippen LogP contribution >= 0.6 is 0 Å². The SMILES string of the molecule is CCOc1cc(C(=O)NCc2ccccc2S(=O)(=O)N(C)C)ccc1OC. The Balaban J connectivity index is 2.21. The first kappa shape index (κ1) is 20.7. The third kappa shape index (κ3) is 4.78. The summed E-state index contributed by atoms with van der Waals surface area (Å²) < 4.78 is 36.7. The number of methoxy groups -OCH3 is 1. The Bertz CT molecular complexity index is 910. The molecule has 0 aliphatic rings. The average Bonchev–Trinajstić information content (AvgIpc) is 2.66. The minimum atomic E-state index is -3.60. The van der Waals surface area contributed by atoms with Gasteiger partial charge in [0.1, 0.15) is 0 Å². The number of rotatable bonds is 8. The van der Waals surface area contributed by atoms with Crippen LogP contribution in [0.4, 0.5) is 0 Å². The van der Waals surface area contributed by atoms with Crippen LogP contribution in [0.25, 0.3) is 0 Å². The Hall–Kier alpha value is -2.58. The molecule has 0 fully saturated rings. The van der Waals surface area contributed by atoms with Crippen molar-refractivity contribution in [2.45, 2.75) is 18.4 Å². The van der Waals surface area contributed by atoms with E-state index in [4.69, 9.17) is 9.47 Å². The second kappa shape index (κ2) is 8.88. The van der Waals surface area contributed by atoms with Crippen LogP contribution in [-0.2, 0) is 16.6 Å². The Kier molecular flexibility index (Phi) is 6.81. The largest absolute Gasteiger partial charge is 0.493 e. The average molecular weight is 392 g/mol. The molecule has 2 aromatic carbocycles. The van der Waals surface area contributed by atoms with Crippen molar-refractivity contribution in [3.05, 3.63) is 53.6 Å². The van der Waals surface area contributed by atoms with Crippen LogP contribution in [0.2, 0.25) is 0 Å². The number of hydrogen-bond acceptors (Lipinski definition) is 5. The number of sulfonamides is 1. The van der Waals surface area contributed by atoms with Crippen molar-refractivity contribution in [1.29, 1.82) is 0 Å². The van der Waals surface area contributed by atoms with Gasteiger partial charge in [-0.15, -0.1) is 0 Å². The van der Waals surface area contributed by atoms with Crippen LogP contribution in [0, 0.1) is 0 Å². The highest BCUT2D eigenvalue weighted by molar-refractivity contribution is 7.89. The molecule has 7 nitrogen and oxygen atoms in total. The first-order valence-electron chi connectivity index (χ1n) is 8.40. The van der Waals surface area contributed by atoms with E-state index < -0.39 is 10.0 Å². The fraction of sp³-hybridized carbons (Fsp3) is 0.316. The van der Waals surface area contributed by atoms with Crippen LogP contribution in [0.1, 0.15) is 22.8 Å². The van der Waals surface area contributed by atoms with Gasteiger partial charge in [0.05, 0.1) is 18.6 Å². The van der Waals surface area contributed by atoms with Crippen molar-refractivity contribution < 1.29 is 22.7 Å². The molecule has 0 aromatic heterocycles. The molecule has 0 saturated carbocycles. The van der Waals surface area contributed by atoms with Crippen molar-refractivity contribution in [3.63, 3.8) is 0 Å². The van der Waals surface area contributed by atoms with Gasteiger partial charge in [-0.05, 0) is 36.8 Å². The zero-order chi connectivity index (χ0) is 20.0. The van der Waals surface area contributed by atoms with Crippen molar-refractivity contribution in [1.82, 2.24) is 9.62 Å². The molecule has 146 valence electrons. The van der Waals surface area contributed by atoms with Crippen LogP contribution in [-0.4, -0.2) is 46.4 Å². The second-order valence-corrected chi connectivity index (χ2v) is 8.00. The summed E-state index contributed by atoms with van der Waals surface area (Å²) in [7, 11) is 0.869. The molecule has 0 aliphatic carbocycles. The number of carbonyl (C=O) groups excluding carboxylic acids is 1. The summed E-state index contributed by atoms with van der Waals surface area (Å²) in [6.07, 6.45) is 0. The van der Waals surface area contributed by atoms with Gasteiger partial charge < -0.3 is 14.8 Å². The first-order valence-corrected chi connectivity index (χ1v) is 9.84. The fourth-order valence-electron chi connectivity index (χ4n) is 2.46. The molecule has 0 radical (unpaired) electrons. The molecule has 8 heteroatoms. The number of nitrogens with one attached hydrogen (secondary N) is 1. The molecular formula is C19H24N2O5S. The summed E-state index contributed by atoms with van der Waals surface area (Å²) in [5.74, 6) is 0.676. The summed E-state index contributed by atoms with van der Waals surface area (Å²) >= 11 is 0. The summed E-state index contributed by atoms with van der Waals surface area (Å²) in [5, 5.41) is 2.76. The molecule has 1 N–H and O–H groups in total. The molecular weight excluding hydrogens is 368 g/mol. The Morgan fingerprint density at radius 3 is 2.44 bits per heavy atom. The zero-order valence-electron chi connectivity index (χ0n) is 15.9. The lowest BCUT2D eigenvalue weighted by molar-refractivity contribution is 0.0950.